The fourth-order valence-electron chi connectivity index (χ4n) is 2.46. The van der Waals surface area contributed by atoms with E-state index in [1.54, 1.807) is 38.2 Å². The van der Waals surface area contributed by atoms with Crippen molar-refractivity contribution in [3.05, 3.63) is 54.1 Å². The molecule has 0 aliphatic rings. The summed E-state index contributed by atoms with van der Waals surface area (Å²) in [5.74, 6) is 2.15. The van der Waals surface area contributed by atoms with Crippen molar-refractivity contribution in [2.75, 3.05) is 20.8 Å². The van der Waals surface area contributed by atoms with E-state index in [0.717, 1.165) is 17.1 Å². The molecular weight excluding hydrogens is 318 g/mol. The summed E-state index contributed by atoms with van der Waals surface area (Å²) in [4.78, 5) is 14.5. The van der Waals surface area contributed by atoms with Crippen LogP contribution in [0, 0.1) is 0 Å². The van der Waals surface area contributed by atoms with Gasteiger partial charge in [-0.2, -0.15) is 0 Å². The monoisotopic (exact) mass is 343 g/mol. The molecule has 0 bridgehead atoms. The van der Waals surface area contributed by atoms with Crippen LogP contribution in [0.5, 0.6) is 17.2 Å². The second kappa shape index (κ2) is 8.97. The zero-order valence-corrected chi connectivity index (χ0v) is 15.2. The van der Waals surface area contributed by atoms with E-state index in [-0.39, 0.29) is 5.91 Å². The van der Waals surface area contributed by atoms with Gasteiger partial charge in [-0.15, -0.1) is 0 Å². The first-order valence-corrected chi connectivity index (χ1v) is 8.29. The van der Waals surface area contributed by atoms with Crippen LogP contribution in [0.4, 0.5) is 0 Å². The van der Waals surface area contributed by atoms with Gasteiger partial charge in [-0.1, -0.05) is 12.1 Å². The largest absolute Gasteiger partial charge is 0.497 e. The molecule has 1 amide bonds. The number of carbonyl (C=O) groups is 1. The van der Waals surface area contributed by atoms with Crippen molar-refractivity contribution in [1.29, 1.82) is 0 Å². The van der Waals surface area contributed by atoms with Gasteiger partial charge in [0, 0.05) is 13.1 Å². The van der Waals surface area contributed by atoms with Crippen LogP contribution in [-0.2, 0) is 11.3 Å². The van der Waals surface area contributed by atoms with Gasteiger partial charge in [-0.3, -0.25) is 4.79 Å². The van der Waals surface area contributed by atoms with E-state index >= 15 is 0 Å². The van der Waals surface area contributed by atoms with Gasteiger partial charge in [0.05, 0.1) is 14.2 Å². The summed E-state index contributed by atoms with van der Waals surface area (Å²) in [5.41, 5.74) is 1.05. The number of hydrogen-bond acceptors (Lipinski definition) is 4. The summed E-state index contributed by atoms with van der Waals surface area (Å²) >= 11 is 0. The summed E-state index contributed by atoms with van der Waals surface area (Å²) in [6, 6.07) is 14.9. The van der Waals surface area contributed by atoms with Crippen LogP contribution in [0.1, 0.15) is 19.4 Å². The summed E-state index contributed by atoms with van der Waals surface area (Å²) in [6.07, 6.45) is -0.563. The fourth-order valence-corrected chi connectivity index (χ4v) is 2.46. The van der Waals surface area contributed by atoms with E-state index in [9.17, 15) is 4.79 Å². The Labute approximate surface area is 149 Å². The second-order valence-electron chi connectivity index (χ2n) is 5.64. The van der Waals surface area contributed by atoms with Crippen molar-refractivity contribution in [3.8, 4) is 17.2 Å². The Morgan fingerprint density at radius 3 is 1.88 bits per heavy atom. The van der Waals surface area contributed by atoms with Gasteiger partial charge in [-0.25, -0.2) is 0 Å². The zero-order valence-electron chi connectivity index (χ0n) is 15.2. The Balaban J connectivity index is 1.98. The highest BCUT2D eigenvalue weighted by Crippen LogP contribution is 2.19. The van der Waals surface area contributed by atoms with Crippen molar-refractivity contribution in [3.63, 3.8) is 0 Å². The molecule has 2 rings (SSSR count). The number of likely N-dealkylation sites (N-methyl/N-ethyl adjacent to an activating group) is 1. The van der Waals surface area contributed by atoms with E-state index in [2.05, 4.69) is 0 Å². The molecule has 25 heavy (non-hydrogen) atoms. The molecule has 2 aromatic carbocycles. The number of carbonyl (C=O) groups excluding carboxylic acids is 1. The first-order chi connectivity index (χ1) is 12.1. The lowest BCUT2D eigenvalue weighted by Crippen LogP contribution is -2.39. The predicted octanol–water partition coefficient (Wildman–Crippen LogP) is 3.52. The van der Waals surface area contributed by atoms with Gasteiger partial charge in [0.25, 0.3) is 5.91 Å². The van der Waals surface area contributed by atoms with E-state index in [4.69, 9.17) is 14.2 Å². The minimum Gasteiger partial charge on any atom is -0.497 e. The molecule has 0 heterocycles. The molecule has 0 aromatic heterocycles. The average Bonchev–Trinajstić information content (AvgIpc) is 2.66. The van der Waals surface area contributed by atoms with Crippen molar-refractivity contribution in [2.45, 2.75) is 26.5 Å². The molecular formula is C20H25NO4. The van der Waals surface area contributed by atoms with Gasteiger partial charge in [0.1, 0.15) is 17.2 Å². The first kappa shape index (κ1) is 18.6. The third kappa shape index (κ3) is 5.14. The molecule has 134 valence electrons. The van der Waals surface area contributed by atoms with Crippen LogP contribution in [-0.4, -0.2) is 37.7 Å². The number of amides is 1. The molecule has 0 saturated heterocycles. The van der Waals surface area contributed by atoms with Gasteiger partial charge < -0.3 is 19.1 Å². The highest BCUT2D eigenvalue weighted by molar-refractivity contribution is 5.80. The number of rotatable bonds is 8. The van der Waals surface area contributed by atoms with E-state index in [1.807, 2.05) is 43.3 Å². The Hall–Kier alpha value is -2.69. The average molecular weight is 343 g/mol. The third-order valence-electron chi connectivity index (χ3n) is 3.95. The van der Waals surface area contributed by atoms with E-state index in [0.29, 0.717) is 18.8 Å². The maximum Gasteiger partial charge on any atom is 0.263 e. The highest BCUT2D eigenvalue weighted by Gasteiger charge is 2.21. The van der Waals surface area contributed by atoms with E-state index in [1.165, 1.54) is 0 Å². The van der Waals surface area contributed by atoms with Crippen molar-refractivity contribution in [2.24, 2.45) is 0 Å². The Bertz CT molecular complexity index is 667. The lowest BCUT2D eigenvalue weighted by molar-refractivity contribution is -0.138. The normalized spacial score (nSPS) is 11.5. The van der Waals surface area contributed by atoms with E-state index < -0.39 is 6.10 Å². The minimum atomic E-state index is -0.563. The zero-order chi connectivity index (χ0) is 18.2. The molecule has 5 nitrogen and oxygen atoms in total. The Morgan fingerprint density at radius 1 is 0.920 bits per heavy atom. The van der Waals surface area contributed by atoms with Crippen LogP contribution in [0.2, 0.25) is 0 Å². The topological polar surface area (TPSA) is 48.0 Å². The molecule has 0 saturated carbocycles. The molecule has 1 unspecified atom stereocenters. The molecule has 0 spiro atoms. The van der Waals surface area contributed by atoms with Crippen molar-refractivity contribution >= 4 is 5.91 Å². The second-order valence-corrected chi connectivity index (χ2v) is 5.64. The number of methoxy groups -OCH3 is 2. The summed E-state index contributed by atoms with van der Waals surface area (Å²) in [5, 5.41) is 0. The summed E-state index contributed by atoms with van der Waals surface area (Å²) in [7, 11) is 3.25. The summed E-state index contributed by atoms with van der Waals surface area (Å²) < 4.78 is 16.0. The van der Waals surface area contributed by atoms with Crippen LogP contribution >= 0.6 is 0 Å². The number of nitrogens with zero attached hydrogens (tertiary/aromatic N) is 1. The van der Waals surface area contributed by atoms with Crippen molar-refractivity contribution in [1.82, 2.24) is 4.90 Å². The number of hydrogen-bond donors (Lipinski definition) is 0. The first-order valence-electron chi connectivity index (χ1n) is 8.29. The van der Waals surface area contributed by atoms with Crippen LogP contribution in [0.25, 0.3) is 0 Å². The van der Waals surface area contributed by atoms with Gasteiger partial charge in [-0.05, 0) is 55.8 Å². The quantitative estimate of drug-likeness (QED) is 0.736. The third-order valence-corrected chi connectivity index (χ3v) is 3.95. The Morgan fingerprint density at radius 2 is 1.40 bits per heavy atom. The summed E-state index contributed by atoms with van der Waals surface area (Å²) in [6.45, 7) is 4.88. The molecule has 0 fully saturated rings. The van der Waals surface area contributed by atoms with Crippen LogP contribution in [0.15, 0.2) is 48.5 Å². The van der Waals surface area contributed by atoms with Crippen LogP contribution in [0.3, 0.4) is 0 Å². The maximum absolute atomic E-state index is 12.7. The molecule has 5 heteroatoms. The Kier molecular flexibility index (Phi) is 6.69. The fraction of sp³-hybridized carbons (Fsp3) is 0.350. The molecule has 2 aromatic rings. The SMILES string of the molecule is CCN(Cc1ccc(OC)cc1)C(=O)C(C)Oc1ccc(OC)cc1. The predicted molar refractivity (Wildman–Crippen MR) is 97.2 cm³/mol. The lowest BCUT2D eigenvalue weighted by Gasteiger charge is -2.25. The molecule has 0 radical (unpaired) electrons. The molecule has 0 N–H and O–H groups in total. The standard InChI is InChI=1S/C20H25NO4/c1-5-21(14-16-6-8-17(23-3)9-7-16)20(22)15(2)25-19-12-10-18(24-4)11-13-19/h6-13,15H,5,14H2,1-4H3. The van der Waals surface area contributed by atoms with Gasteiger partial charge in [0.15, 0.2) is 6.10 Å². The minimum absolute atomic E-state index is 0.0471. The molecule has 1 atom stereocenters. The number of benzene rings is 2. The highest BCUT2D eigenvalue weighted by atomic mass is 16.5. The molecule has 0 aliphatic carbocycles. The van der Waals surface area contributed by atoms with Gasteiger partial charge >= 0.3 is 0 Å². The van der Waals surface area contributed by atoms with Crippen molar-refractivity contribution < 1.29 is 19.0 Å². The maximum atomic E-state index is 12.7. The van der Waals surface area contributed by atoms with Gasteiger partial charge in [0.2, 0.25) is 0 Å². The lowest BCUT2D eigenvalue weighted by atomic mass is 10.2. The van der Waals surface area contributed by atoms with Crippen LogP contribution < -0.4 is 14.2 Å². The molecule has 0 aliphatic heterocycles. The number of ether oxygens (including phenoxy) is 3. The smallest absolute Gasteiger partial charge is 0.263 e.